The van der Waals surface area contributed by atoms with Crippen molar-refractivity contribution in [3.05, 3.63) is 114 Å². The number of aromatic nitrogens is 2. The molecule has 0 radical (unpaired) electrons. The van der Waals surface area contributed by atoms with Gasteiger partial charge >= 0.3 is 0 Å². The van der Waals surface area contributed by atoms with Gasteiger partial charge in [-0.25, -0.2) is 22.5 Å². The van der Waals surface area contributed by atoms with E-state index in [1.165, 1.54) is 12.1 Å². The Kier molecular flexibility index (Phi) is 8.37. The third kappa shape index (κ3) is 6.26. The van der Waals surface area contributed by atoms with Gasteiger partial charge in [-0.2, -0.15) is 0 Å². The molecule has 214 valence electrons. The number of anilines is 1. The first-order chi connectivity index (χ1) is 19.6. The van der Waals surface area contributed by atoms with Crippen LogP contribution in [0.5, 0.6) is 0 Å². The lowest BCUT2D eigenvalue weighted by Crippen LogP contribution is -2.38. The third-order valence-electron chi connectivity index (χ3n) is 8.13. The molecular weight excluding hydrogens is 539 g/mol. The summed E-state index contributed by atoms with van der Waals surface area (Å²) in [6, 6.07) is 20.2. The SMILES string of the molecule is CC(C(=O)N(Cc1nccn1C)c1ccc2c(c1)C(NS(=O)(=O)c1ccc(F)cc1)CCC2)C(C)c1ccccc1. The Morgan fingerprint density at radius 2 is 1.83 bits per heavy atom. The summed E-state index contributed by atoms with van der Waals surface area (Å²) < 4.78 is 44.5. The number of imidazole rings is 1. The van der Waals surface area contributed by atoms with E-state index < -0.39 is 21.9 Å². The van der Waals surface area contributed by atoms with E-state index in [4.69, 9.17) is 0 Å². The maximum atomic E-state index is 14.1. The highest BCUT2D eigenvalue weighted by Crippen LogP contribution is 2.36. The van der Waals surface area contributed by atoms with Crippen LogP contribution >= 0.6 is 0 Å². The summed E-state index contributed by atoms with van der Waals surface area (Å²) in [4.78, 5) is 20.4. The number of hydrogen-bond acceptors (Lipinski definition) is 4. The van der Waals surface area contributed by atoms with Crippen LogP contribution in [0.1, 0.15) is 61.2 Å². The van der Waals surface area contributed by atoms with Crippen LogP contribution in [-0.4, -0.2) is 23.9 Å². The second kappa shape index (κ2) is 12.0. The van der Waals surface area contributed by atoms with E-state index in [0.29, 0.717) is 12.1 Å². The number of aryl methyl sites for hydroxylation is 2. The molecule has 4 aromatic rings. The van der Waals surface area contributed by atoms with Gasteiger partial charge in [0, 0.05) is 37.1 Å². The van der Waals surface area contributed by atoms with Gasteiger partial charge in [0.25, 0.3) is 0 Å². The van der Waals surface area contributed by atoms with Gasteiger partial charge in [-0.3, -0.25) is 4.79 Å². The Balaban J connectivity index is 1.49. The molecule has 1 aromatic heterocycles. The number of nitrogens with one attached hydrogen (secondary N) is 1. The highest BCUT2D eigenvalue weighted by Gasteiger charge is 2.31. The summed E-state index contributed by atoms with van der Waals surface area (Å²) in [7, 11) is -1.98. The van der Waals surface area contributed by atoms with Crippen molar-refractivity contribution in [1.82, 2.24) is 14.3 Å². The summed E-state index contributed by atoms with van der Waals surface area (Å²) in [6.45, 7) is 4.28. The van der Waals surface area contributed by atoms with Crippen molar-refractivity contribution in [2.24, 2.45) is 13.0 Å². The predicted octanol–water partition coefficient (Wildman–Crippen LogP) is 5.89. The highest BCUT2D eigenvalue weighted by atomic mass is 32.2. The molecule has 9 heteroatoms. The standard InChI is InChI=1S/C32H35FN4O3S/c1-22(24-8-5-4-6-9-24)23(2)32(38)37(21-31-34-18-19-36(31)3)27-15-12-25-10-7-11-30(29(25)20-27)35-41(39,40)28-16-13-26(33)14-17-28/h4-6,8-9,12-20,22-23,30,35H,7,10-11,21H2,1-3H3. The van der Waals surface area contributed by atoms with Gasteiger partial charge in [-0.1, -0.05) is 50.2 Å². The Morgan fingerprint density at radius 1 is 1.10 bits per heavy atom. The molecule has 3 unspecified atom stereocenters. The van der Waals surface area contributed by atoms with Crippen LogP contribution in [-0.2, 0) is 34.8 Å². The zero-order valence-electron chi connectivity index (χ0n) is 23.5. The Morgan fingerprint density at radius 3 is 2.51 bits per heavy atom. The zero-order valence-corrected chi connectivity index (χ0v) is 24.3. The van der Waals surface area contributed by atoms with Gasteiger partial charge < -0.3 is 9.47 Å². The number of halogens is 1. The number of fused-ring (bicyclic) bond motifs is 1. The van der Waals surface area contributed by atoms with Crippen LogP contribution in [0.3, 0.4) is 0 Å². The largest absolute Gasteiger partial charge is 0.337 e. The molecule has 0 fully saturated rings. The quantitative estimate of drug-likeness (QED) is 0.270. The van der Waals surface area contributed by atoms with Crippen LogP contribution < -0.4 is 9.62 Å². The Labute approximate surface area is 241 Å². The molecule has 1 aliphatic carbocycles. The van der Waals surface area contributed by atoms with Gasteiger partial charge in [0.15, 0.2) is 0 Å². The summed E-state index contributed by atoms with van der Waals surface area (Å²) in [5.74, 6) is -0.125. The van der Waals surface area contributed by atoms with E-state index in [-0.39, 0.29) is 29.2 Å². The van der Waals surface area contributed by atoms with E-state index in [9.17, 15) is 17.6 Å². The Bertz CT molecular complexity index is 1620. The highest BCUT2D eigenvalue weighted by molar-refractivity contribution is 7.89. The van der Waals surface area contributed by atoms with E-state index in [2.05, 4.69) is 16.6 Å². The van der Waals surface area contributed by atoms with Crippen LogP contribution in [0.25, 0.3) is 0 Å². The maximum Gasteiger partial charge on any atom is 0.241 e. The third-order valence-corrected chi connectivity index (χ3v) is 9.62. The Hall–Kier alpha value is -3.82. The molecule has 3 aromatic carbocycles. The average molecular weight is 575 g/mol. The van der Waals surface area contributed by atoms with Crippen molar-refractivity contribution in [2.75, 3.05) is 4.90 Å². The first-order valence-corrected chi connectivity index (χ1v) is 15.4. The first-order valence-electron chi connectivity index (χ1n) is 13.9. The maximum absolute atomic E-state index is 14.1. The molecule has 1 amide bonds. The zero-order chi connectivity index (χ0) is 29.1. The predicted molar refractivity (Wildman–Crippen MR) is 157 cm³/mol. The molecule has 3 atom stereocenters. The summed E-state index contributed by atoms with van der Waals surface area (Å²) in [6.07, 6.45) is 5.82. The monoisotopic (exact) mass is 574 g/mol. The van der Waals surface area contributed by atoms with Crippen molar-refractivity contribution in [1.29, 1.82) is 0 Å². The molecule has 41 heavy (non-hydrogen) atoms. The van der Waals surface area contributed by atoms with E-state index in [1.807, 2.05) is 73.3 Å². The molecule has 7 nitrogen and oxygen atoms in total. The van der Waals surface area contributed by atoms with Crippen LogP contribution in [0, 0.1) is 11.7 Å². The van der Waals surface area contributed by atoms with Crippen LogP contribution in [0.15, 0.2) is 90.1 Å². The molecule has 0 spiro atoms. The van der Waals surface area contributed by atoms with Crippen molar-refractivity contribution in [3.63, 3.8) is 0 Å². The van der Waals surface area contributed by atoms with Gasteiger partial charge in [-0.05, 0) is 78.3 Å². The smallest absolute Gasteiger partial charge is 0.241 e. The van der Waals surface area contributed by atoms with Crippen LogP contribution in [0.2, 0.25) is 0 Å². The number of carbonyl (C=O) groups excluding carboxylic acids is 1. The molecule has 0 aliphatic heterocycles. The normalized spacial score (nSPS) is 16.5. The summed E-state index contributed by atoms with van der Waals surface area (Å²) in [5.41, 5.74) is 3.67. The molecule has 1 aliphatic rings. The number of nitrogens with zero attached hydrogens (tertiary/aromatic N) is 3. The van der Waals surface area contributed by atoms with Crippen molar-refractivity contribution in [2.45, 2.75) is 56.5 Å². The van der Waals surface area contributed by atoms with Gasteiger partial charge in [-0.15, -0.1) is 0 Å². The molecule has 0 saturated carbocycles. The molecule has 0 saturated heterocycles. The fraction of sp³-hybridized carbons (Fsp3) is 0.312. The molecule has 1 heterocycles. The van der Waals surface area contributed by atoms with E-state index in [1.54, 1.807) is 11.1 Å². The van der Waals surface area contributed by atoms with E-state index in [0.717, 1.165) is 47.5 Å². The molecule has 0 bridgehead atoms. The van der Waals surface area contributed by atoms with Crippen molar-refractivity contribution in [3.8, 4) is 0 Å². The van der Waals surface area contributed by atoms with Crippen molar-refractivity contribution >= 4 is 21.6 Å². The first kappa shape index (κ1) is 28.7. The minimum absolute atomic E-state index is 0.0116. The van der Waals surface area contributed by atoms with Gasteiger partial charge in [0.05, 0.1) is 11.4 Å². The number of amides is 1. The molecular formula is C32H35FN4O3S. The summed E-state index contributed by atoms with van der Waals surface area (Å²) >= 11 is 0. The number of carbonyl (C=O) groups is 1. The van der Waals surface area contributed by atoms with Gasteiger partial charge in [0.1, 0.15) is 11.6 Å². The number of hydrogen-bond donors (Lipinski definition) is 1. The van der Waals surface area contributed by atoms with E-state index >= 15 is 0 Å². The number of rotatable bonds is 9. The van der Waals surface area contributed by atoms with Gasteiger partial charge in [0.2, 0.25) is 15.9 Å². The lowest BCUT2D eigenvalue weighted by Gasteiger charge is -2.31. The topological polar surface area (TPSA) is 84.3 Å². The van der Waals surface area contributed by atoms with Crippen LogP contribution in [0.4, 0.5) is 10.1 Å². The lowest BCUT2D eigenvalue weighted by atomic mass is 9.86. The minimum atomic E-state index is -3.88. The fourth-order valence-electron chi connectivity index (χ4n) is 5.44. The molecule has 5 rings (SSSR count). The van der Waals surface area contributed by atoms with Crippen molar-refractivity contribution < 1.29 is 17.6 Å². The number of sulfonamides is 1. The average Bonchev–Trinajstić information content (AvgIpc) is 3.39. The minimum Gasteiger partial charge on any atom is -0.337 e. The molecule has 1 N–H and O–H groups in total. The lowest BCUT2D eigenvalue weighted by molar-refractivity contribution is -0.122. The second-order valence-electron chi connectivity index (χ2n) is 10.8. The summed E-state index contributed by atoms with van der Waals surface area (Å²) in [5, 5.41) is 0. The second-order valence-corrected chi connectivity index (χ2v) is 12.5. The number of benzene rings is 3. The fourth-order valence-corrected chi connectivity index (χ4v) is 6.69.